The SMILES string of the molecule is Cc1noc(C)c1-c1ccc2nc(NCCCCCC(=O)OC(C)(C)C)c(NN)nc2c1. The third-order valence-electron chi connectivity index (χ3n) is 4.89. The Balaban J connectivity index is 1.60. The Morgan fingerprint density at radius 2 is 1.84 bits per heavy atom. The van der Waals surface area contributed by atoms with Gasteiger partial charge in [-0.3, -0.25) is 4.79 Å². The van der Waals surface area contributed by atoms with Gasteiger partial charge < -0.3 is 20.0 Å². The summed E-state index contributed by atoms with van der Waals surface area (Å²) in [5.74, 6) is 7.36. The minimum absolute atomic E-state index is 0.156. The average molecular weight is 441 g/mol. The summed E-state index contributed by atoms with van der Waals surface area (Å²) in [5.41, 5.74) is 6.43. The second kappa shape index (κ2) is 9.95. The van der Waals surface area contributed by atoms with Gasteiger partial charge in [0.25, 0.3) is 0 Å². The number of nitrogen functional groups attached to an aromatic ring is 1. The molecule has 3 aromatic rings. The number of hydrogen-bond donors (Lipinski definition) is 3. The lowest BCUT2D eigenvalue weighted by molar-refractivity contribution is -0.154. The molecule has 0 radical (unpaired) electrons. The molecule has 3 rings (SSSR count). The summed E-state index contributed by atoms with van der Waals surface area (Å²) in [7, 11) is 0. The molecular formula is C23H32N6O3. The van der Waals surface area contributed by atoms with E-state index in [1.165, 1.54) is 0 Å². The highest BCUT2D eigenvalue weighted by Crippen LogP contribution is 2.30. The number of anilines is 2. The highest BCUT2D eigenvalue weighted by atomic mass is 16.6. The van der Waals surface area contributed by atoms with Gasteiger partial charge in [-0.15, -0.1) is 0 Å². The number of hydrogen-bond acceptors (Lipinski definition) is 9. The Labute approximate surface area is 188 Å². The van der Waals surface area contributed by atoms with Gasteiger partial charge in [0.2, 0.25) is 0 Å². The molecule has 0 bridgehead atoms. The molecule has 32 heavy (non-hydrogen) atoms. The molecule has 172 valence electrons. The Morgan fingerprint density at radius 1 is 1.09 bits per heavy atom. The van der Waals surface area contributed by atoms with E-state index in [1.54, 1.807) is 0 Å². The highest BCUT2D eigenvalue weighted by Gasteiger charge is 2.16. The summed E-state index contributed by atoms with van der Waals surface area (Å²) in [6.07, 6.45) is 3.00. The van der Waals surface area contributed by atoms with Gasteiger partial charge >= 0.3 is 5.97 Å². The third kappa shape index (κ3) is 5.94. The lowest BCUT2D eigenvalue weighted by Gasteiger charge is -2.19. The summed E-state index contributed by atoms with van der Waals surface area (Å²) in [5, 5.41) is 7.31. The van der Waals surface area contributed by atoms with Crippen LogP contribution >= 0.6 is 0 Å². The molecule has 0 amide bonds. The first-order valence-corrected chi connectivity index (χ1v) is 10.9. The first-order chi connectivity index (χ1) is 15.2. The fourth-order valence-corrected chi connectivity index (χ4v) is 3.50. The van der Waals surface area contributed by atoms with Crippen molar-refractivity contribution in [1.29, 1.82) is 0 Å². The van der Waals surface area contributed by atoms with Crippen LogP contribution in [-0.2, 0) is 9.53 Å². The largest absolute Gasteiger partial charge is 0.460 e. The molecule has 0 aliphatic heterocycles. The van der Waals surface area contributed by atoms with Crippen molar-refractivity contribution in [3.63, 3.8) is 0 Å². The maximum Gasteiger partial charge on any atom is 0.306 e. The van der Waals surface area contributed by atoms with Crippen LogP contribution in [0, 0.1) is 13.8 Å². The number of nitrogens with one attached hydrogen (secondary N) is 2. The number of benzene rings is 1. The van der Waals surface area contributed by atoms with Crippen LogP contribution < -0.4 is 16.6 Å². The van der Waals surface area contributed by atoms with Crippen molar-refractivity contribution in [1.82, 2.24) is 15.1 Å². The zero-order valence-corrected chi connectivity index (χ0v) is 19.4. The number of nitrogens with zero attached hydrogens (tertiary/aromatic N) is 3. The van der Waals surface area contributed by atoms with Crippen LogP contribution in [0.3, 0.4) is 0 Å². The van der Waals surface area contributed by atoms with Crippen LogP contribution in [0.2, 0.25) is 0 Å². The highest BCUT2D eigenvalue weighted by molar-refractivity contribution is 5.85. The standard InChI is InChI=1S/C23H32N6O3/c1-14-20(15(2)32-29-14)16-10-11-17-18(13-16)27-22(28-24)21(26-17)25-12-8-6-7-9-19(30)31-23(3,4)5/h10-11,13H,6-9,12,24H2,1-5H3,(H,25,26)(H,27,28). The first kappa shape index (κ1) is 23.5. The van der Waals surface area contributed by atoms with Gasteiger partial charge in [-0.05, 0) is 65.2 Å². The van der Waals surface area contributed by atoms with E-state index in [4.69, 9.17) is 15.1 Å². The van der Waals surface area contributed by atoms with Gasteiger partial charge in [0.05, 0.1) is 16.7 Å². The van der Waals surface area contributed by atoms with E-state index >= 15 is 0 Å². The molecule has 0 aliphatic rings. The number of carbonyl (C=O) groups excluding carboxylic acids is 1. The molecule has 0 atom stereocenters. The van der Waals surface area contributed by atoms with Crippen molar-refractivity contribution in [3.8, 4) is 11.1 Å². The van der Waals surface area contributed by atoms with Gasteiger partial charge in [0.1, 0.15) is 11.4 Å². The zero-order valence-electron chi connectivity index (χ0n) is 19.4. The number of nitrogens with two attached hydrogens (primary N) is 1. The van der Waals surface area contributed by atoms with Gasteiger partial charge in [-0.1, -0.05) is 17.6 Å². The molecule has 0 saturated heterocycles. The van der Waals surface area contributed by atoms with Crippen molar-refractivity contribution in [2.75, 3.05) is 17.3 Å². The molecule has 2 heterocycles. The number of aromatic nitrogens is 3. The zero-order chi connectivity index (χ0) is 23.3. The topological polar surface area (TPSA) is 128 Å². The Morgan fingerprint density at radius 3 is 2.50 bits per heavy atom. The number of ether oxygens (including phenoxy) is 1. The lowest BCUT2D eigenvalue weighted by Crippen LogP contribution is -2.23. The monoisotopic (exact) mass is 440 g/mol. The van der Waals surface area contributed by atoms with Gasteiger partial charge in [0.15, 0.2) is 11.6 Å². The number of carbonyl (C=O) groups is 1. The van der Waals surface area contributed by atoms with Crippen LogP contribution in [-0.4, -0.2) is 33.2 Å². The van der Waals surface area contributed by atoms with E-state index in [-0.39, 0.29) is 5.97 Å². The summed E-state index contributed by atoms with van der Waals surface area (Å²) in [6, 6.07) is 5.87. The Kier molecular flexibility index (Phi) is 7.29. The van der Waals surface area contributed by atoms with Crippen molar-refractivity contribution < 1.29 is 14.1 Å². The molecule has 0 spiro atoms. The minimum Gasteiger partial charge on any atom is -0.460 e. The van der Waals surface area contributed by atoms with Gasteiger partial charge in [0, 0.05) is 18.5 Å². The molecule has 4 N–H and O–H groups in total. The predicted molar refractivity (Wildman–Crippen MR) is 125 cm³/mol. The Bertz CT molecular complexity index is 1070. The van der Waals surface area contributed by atoms with Crippen LogP contribution in [0.5, 0.6) is 0 Å². The summed E-state index contributed by atoms with van der Waals surface area (Å²) in [6.45, 7) is 10.1. The molecule has 0 fully saturated rings. The van der Waals surface area contributed by atoms with Crippen molar-refractivity contribution >= 4 is 28.6 Å². The van der Waals surface area contributed by atoms with E-state index in [1.807, 2.05) is 52.8 Å². The molecule has 1 aromatic carbocycles. The van der Waals surface area contributed by atoms with Crippen molar-refractivity contribution in [2.24, 2.45) is 5.84 Å². The van der Waals surface area contributed by atoms with Crippen molar-refractivity contribution in [3.05, 3.63) is 29.7 Å². The van der Waals surface area contributed by atoms with E-state index in [9.17, 15) is 4.79 Å². The maximum absolute atomic E-state index is 11.8. The second-order valence-electron chi connectivity index (χ2n) is 8.79. The smallest absolute Gasteiger partial charge is 0.306 e. The van der Waals surface area contributed by atoms with Gasteiger partial charge in [-0.2, -0.15) is 0 Å². The normalized spacial score (nSPS) is 11.6. The number of fused-ring (bicyclic) bond motifs is 1. The van der Waals surface area contributed by atoms with E-state index in [0.717, 1.165) is 52.9 Å². The third-order valence-corrected chi connectivity index (χ3v) is 4.89. The first-order valence-electron chi connectivity index (χ1n) is 10.9. The number of unbranched alkanes of at least 4 members (excludes halogenated alkanes) is 2. The minimum atomic E-state index is -0.438. The van der Waals surface area contributed by atoms with Crippen LogP contribution in [0.4, 0.5) is 11.6 Å². The molecule has 9 nitrogen and oxygen atoms in total. The fourth-order valence-electron chi connectivity index (χ4n) is 3.50. The second-order valence-corrected chi connectivity index (χ2v) is 8.79. The molecule has 9 heteroatoms. The van der Waals surface area contributed by atoms with Crippen LogP contribution in [0.15, 0.2) is 22.7 Å². The number of rotatable bonds is 9. The molecule has 0 aliphatic carbocycles. The lowest BCUT2D eigenvalue weighted by atomic mass is 10.0. The summed E-state index contributed by atoms with van der Waals surface area (Å²) < 4.78 is 10.6. The maximum atomic E-state index is 11.8. The molecule has 0 unspecified atom stereocenters. The van der Waals surface area contributed by atoms with Crippen LogP contribution in [0.25, 0.3) is 22.2 Å². The van der Waals surface area contributed by atoms with E-state index < -0.39 is 5.60 Å². The number of esters is 1. The molecule has 2 aromatic heterocycles. The molecular weight excluding hydrogens is 408 g/mol. The molecule has 0 saturated carbocycles. The summed E-state index contributed by atoms with van der Waals surface area (Å²) >= 11 is 0. The Hall–Kier alpha value is -3.20. The van der Waals surface area contributed by atoms with Gasteiger partial charge in [-0.25, -0.2) is 15.8 Å². The number of aryl methyl sites for hydroxylation is 2. The fraction of sp³-hybridized carbons (Fsp3) is 0.478. The predicted octanol–water partition coefficient (Wildman–Crippen LogP) is 4.50. The number of hydrazine groups is 1. The average Bonchev–Trinajstić information content (AvgIpc) is 3.06. The van der Waals surface area contributed by atoms with E-state index in [2.05, 4.69) is 25.9 Å². The van der Waals surface area contributed by atoms with Crippen molar-refractivity contribution in [2.45, 2.75) is 65.9 Å². The summed E-state index contributed by atoms with van der Waals surface area (Å²) in [4.78, 5) is 21.1. The quantitative estimate of drug-likeness (QED) is 0.191. The van der Waals surface area contributed by atoms with E-state index in [0.29, 0.717) is 24.6 Å². The van der Waals surface area contributed by atoms with Crippen LogP contribution in [0.1, 0.15) is 57.9 Å².